The first-order valence-electron chi connectivity index (χ1n) is 13.6. The van der Waals surface area contributed by atoms with Crippen molar-refractivity contribution in [3.8, 4) is 0 Å². The largest absolute Gasteiger partial charge is 0.279 e. The summed E-state index contributed by atoms with van der Waals surface area (Å²) in [5.74, 6) is -0.339. The Morgan fingerprint density at radius 3 is 2.02 bits per heavy atom. The summed E-state index contributed by atoms with van der Waals surface area (Å²) in [6.07, 6.45) is 4.50. The molecule has 3 aromatic carbocycles. The topological polar surface area (TPSA) is 105 Å². The standard InChI is InChI=1S/C30H35N3O5S3/c1-4-6-19-32(20-7-5-2)41(37,38)25-15-13-24(14-16-25)29(34)33(22-23-11-9-8-10-12-23)30-31-27-18-17-26(40(3,35)36)21-28(27)39-30/h8-18,21H,4-7,19-20,22H2,1-3H3. The molecule has 1 amide bonds. The molecule has 1 heterocycles. The summed E-state index contributed by atoms with van der Waals surface area (Å²) in [5.41, 5.74) is 1.80. The van der Waals surface area contributed by atoms with Gasteiger partial charge in [0.25, 0.3) is 5.91 Å². The predicted octanol–water partition coefficient (Wildman–Crippen LogP) is 6.14. The van der Waals surface area contributed by atoms with E-state index in [1.165, 1.54) is 33.8 Å². The number of carbonyl (C=O) groups excluding carboxylic acids is 1. The minimum atomic E-state index is -3.69. The van der Waals surface area contributed by atoms with Crippen LogP contribution in [-0.2, 0) is 26.4 Å². The lowest BCUT2D eigenvalue weighted by atomic mass is 10.1. The number of unbranched alkanes of at least 4 members (excludes halogenated alkanes) is 2. The second-order valence-electron chi connectivity index (χ2n) is 9.91. The first-order valence-corrected chi connectivity index (χ1v) is 17.8. The van der Waals surface area contributed by atoms with Crippen molar-refractivity contribution in [2.24, 2.45) is 0 Å². The second kappa shape index (κ2) is 13.2. The van der Waals surface area contributed by atoms with E-state index < -0.39 is 19.9 Å². The molecule has 8 nitrogen and oxygen atoms in total. The van der Waals surface area contributed by atoms with Crippen LogP contribution in [0.5, 0.6) is 0 Å². The minimum absolute atomic E-state index is 0.157. The van der Waals surface area contributed by atoms with E-state index in [9.17, 15) is 21.6 Å². The first-order chi connectivity index (χ1) is 19.5. The Morgan fingerprint density at radius 1 is 0.829 bits per heavy atom. The monoisotopic (exact) mass is 613 g/mol. The molecular weight excluding hydrogens is 579 g/mol. The van der Waals surface area contributed by atoms with Gasteiger partial charge in [0.1, 0.15) is 0 Å². The van der Waals surface area contributed by atoms with Crippen molar-refractivity contribution >= 4 is 52.5 Å². The van der Waals surface area contributed by atoms with Crippen LogP contribution in [-0.4, -0.2) is 51.4 Å². The summed E-state index contributed by atoms with van der Waals surface area (Å²) in [4.78, 5) is 20.4. The summed E-state index contributed by atoms with van der Waals surface area (Å²) in [6.45, 7) is 5.22. The lowest BCUT2D eigenvalue weighted by molar-refractivity contribution is 0.0985. The fourth-order valence-electron chi connectivity index (χ4n) is 4.33. The van der Waals surface area contributed by atoms with Crippen LogP contribution in [0.3, 0.4) is 0 Å². The fourth-order valence-corrected chi connectivity index (χ4v) is 7.57. The van der Waals surface area contributed by atoms with Gasteiger partial charge in [0, 0.05) is 24.9 Å². The number of carbonyl (C=O) groups is 1. The Morgan fingerprint density at radius 2 is 1.44 bits per heavy atom. The molecule has 0 aliphatic rings. The summed E-state index contributed by atoms with van der Waals surface area (Å²) < 4.78 is 53.1. The van der Waals surface area contributed by atoms with Gasteiger partial charge in [-0.3, -0.25) is 9.69 Å². The van der Waals surface area contributed by atoms with E-state index in [-0.39, 0.29) is 22.2 Å². The van der Waals surface area contributed by atoms with Crippen LogP contribution in [0.4, 0.5) is 5.13 Å². The van der Waals surface area contributed by atoms with Crippen molar-refractivity contribution in [3.05, 3.63) is 83.9 Å². The molecule has 218 valence electrons. The summed E-state index contributed by atoms with van der Waals surface area (Å²) in [5, 5.41) is 0.418. The molecule has 4 rings (SSSR count). The molecule has 0 aliphatic heterocycles. The van der Waals surface area contributed by atoms with E-state index in [2.05, 4.69) is 4.98 Å². The molecule has 0 N–H and O–H groups in total. The number of nitrogens with zero attached hydrogens (tertiary/aromatic N) is 3. The van der Waals surface area contributed by atoms with Gasteiger partial charge in [-0.2, -0.15) is 4.31 Å². The molecule has 0 aliphatic carbocycles. The van der Waals surface area contributed by atoms with Crippen LogP contribution in [0.2, 0.25) is 0 Å². The van der Waals surface area contributed by atoms with Gasteiger partial charge in [0.15, 0.2) is 15.0 Å². The first kappa shape index (κ1) is 30.8. The molecular formula is C30H35N3O5S3. The van der Waals surface area contributed by atoms with Gasteiger partial charge in [-0.05, 0) is 60.9 Å². The number of rotatable bonds is 13. The molecule has 0 bridgehead atoms. The molecule has 0 atom stereocenters. The number of sulfonamides is 1. The van der Waals surface area contributed by atoms with Crippen molar-refractivity contribution in [1.29, 1.82) is 0 Å². The highest BCUT2D eigenvalue weighted by Gasteiger charge is 2.26. The summed E-state index contributed by atoms with van der Waals surface area (Å²) in [7, 11) is -7.09. The number of aromatic nitrogens is 1. The molecule has 4 aromatic rings. The summed E-state index contributed by atoms with van der Waals surface area (Å²) >= 11 is 1.23. The van der Waals surface area contributed by atoms with E-state index in [1.54, 1.807) is 29.2 Å². The number of benzene rings is 3. The number of thiazole rings is 1. The third kappa shape index (κ3) is 7.40. The second-order valence-corrected chi connectivity index (χ2v) is 14.9. The van der Waals surface area contributed by atoms with E-state index in [1.807, 2.05) is 44.2 Å². The van der Waals surface area contributed by atoms with Crippen LogP contribution < -0.4 is 4.90 Å². The Labute approximate surface area is 246 Å². The number of anilines is 1. The zero-order chi connectivity index (χ0) is 29.6. The Kier molecular flexibility index (Phi) is 9.96. The molecule has 11 heteroatoms. The van der Waals surface area contributed by atoms with Crippen LogP contribution in [0.15, 0.2) is 82.6 Å². The van der Waals surface area contributed by atoms with Crippen LogP contribution in [0.1, 0.15) is 55.5 Å². The number of amides is 1. The number of fused-ring (bicyclic) bond motifs is 1. The zero-order valence-electron chi connectivity index (χ0n) is 23.5. The number of hydrogen-bond donors (Lipinski definition) is 0. The van der Waals surface area contributed by atoms with E-state index in [0.717, 1.165) is 37.5 Å². The lowest BCUT2D eigenvalue weighted by Crippen LogP contribution is -2.33. The quantitative estimate of drug-likeness (QED) is 0.179. The van der Waals surface area contributed by atoms with E-state index in [0.29, 0.717) is 34.0 Å². The third-order valence-electron chi connectivity index (χ3n) is 6.70. The molecule has 0 spiro atoms. The van der Waals surface area contributed by atoms with Crippen molar-refractivity contribution in [3.63, 3.8) is 0 Å². The van der Waals surface area contributed by atoms with Crippen molar-refractivity contribution in [2.45, 2.75) is 55.9 Å². The van der Waals surface area contributed by atoms with Crippen LogP contribution in [0.25, 0.3) is 10.2 Å². The van der Waals surface area contributed by atoms with Gasteiger partial charge in [0.05, 0.1) is 26.6 Å². The van der Waals surface area contributed by atoms with Crippen molar-refractivity contribution < 1.29 is 21.6 Å². The maximum atomic E-state index is 13.9. The molecule has 1 aromatic heterocycles. The Bertz CT molecular complexity index is 1690. The molecule has 0 fully saturated rings. The molecule has 0 saturated carbocycles. The predicted molar refractivity (Wildman–Crippen MR) is 165 cm³/mol. The van der Waals surface area contributed by atoms with Gasteiger partial charge in [-0.15, -0.1) is 0 Å². The summed E-state index contributed by atoms with van der Waals surface area (Å²) in [6, 6.07) is 20.3. The van der Waals surface area contributed by atoms with Gasteiger partial charge >= 0.3 is 0 Å². The lowest BCUT2D eigenvalue weighted by Gasteiger charge is -2.23. The smallest absolute Gasteiger partial charge is 0.260 e. The highest BCUT2D eigenvalue weighted by Crippen LogP contribution is 2.32. The third-order valence-corrected chi connectivity index (χ3v) is 10.8. The highest BCUT2D eigenvalue weighted by atomic mass is 32.2. The van der Waals surface area contributed by atoms with E-state index in [4.69, 9.17) is 0 Å². The number of hydrogen-bond acceptors (Lipinski definition) is 7. The van der Waals surface area contributed by atoms with E-state index >= 15 is 0 Å². The maximum absolute atomic E-state index is 13.9. The normalized spacial score (nSPS) is 12.2. The minimum Gasteiger partial charge on any atom is -0.279 e. The zero-order valence-corrected chi connectivity index (χ0v) is 25.9. The molecule has 0 saturated heterocycles. The Balaban J connectivity index is 1.68. The molecule has 0 radical (unpaired) electrons. The average Bonchev–Trinajstić information content (AvgIpc) is 3.39. The van der Waals surface area contributed by atoms with Gasteiger partial charge in [0.2, 0.25) is 10.0 Å². The molecule has 41 heavy (non-hydrogen) atoms. The van der Waals surface area contributed by atoms with Crippen LogP contribution >= 0.6 is 11.3 Å². The van der Waals surface area contributed by atoms with Gasteiger partial charge in [-0.25, -0.2) is 21.8 Å². The SMILES string of the molecule is CCCCN(CCCC)S(=O)(=O)c1ccc(C(=O)N(Cc2ccccc2)c2nc3ccc(S(C)(=O)=O)cc3s2)cc1. The van der Waals surface area contributed by atoms with Crippen molar-refractivity contribution in [2.75, 3.05) is 24.2 Å². The fraction of sp³-hybridized carbons (Fsp3) is 0.333. The maximum Gasteiger partial charge on any atom is 0.260 e. The Hall–Kier alpha value is -3.12. The molecule has 0 unspecified atom stereocenters. The number of sulfone groups is 1. The van der Waals surface area contributed by atoms with Crippen molar-refractivity contribution in [1.82, 2.24) is 9.29 Å². The van der Waals surface area contributed by atoms with Gasteiger partial charge in [-0.1, -0.05) is 68.4 Å². The average molecular weight is 614 g/mol. The van der Waals surface area contributed by atoms with Crippen LogP contribution in [0, 0.1) is 0 Å². The highest BCUT2D eigenvalue weighted by molar-refractivity contribution is 7.90. The van der Waals surface area contributed by atoms with Gasteiger partial charge < -0.3 is 0 Å².